The van der Waals surface area contributed by atoms with E-state index in [-0.39, 0.29) is 35.3 Å². The highest BCUT2D eigenvalue weighted by molar-refractivity contribution is 7.89. The number of ether oxygens (including phenoxy) is 1. The van der Waals surface area contributed by atoms with Crippen molar-refractivity contribution in [1.29, 1.82) is 0 Å². The summed E-state index contributed by atoms with van der Waals surface area (Å²) in [5.74, 6) is -0.734. The Morgan fingerprint density at radius 3 is 2.54 bits per heavy atom. The number of imide groups is 1. The minimum atomic E-state index is -3.40. The molecule has 3 fully saturated rings. The SMILES string of the molecule is Cn1nc(C2CCC(=O)NC2=O)c2ccc(N3CCCN(CCCS(=O)(=O)N4CCC(Nc5ncc(OC(F)F)cn5)CC4)CC3)cc21. The second-order valence-corrected chi connectivity index (χ2v) is 14.6. The van der Waals surface area contributed by atoms with Gasteiger partial charge >= 0.3 is 6.61 Å². The number of sulfonamides is 1. The van der Waals surface area contributed by atoms with Crippen LogP contribution in [0.2, 0.25) is 0 Å². The van der Waals surface area contributed by atoms with E-state index >= 15 is 0 Å². The standard InChI is InChI=1S/C31H41F2N9O5S/c1-39-26-18-22(4-5-24(26)28(38-39)25-6-7-27(43)37-29(25)44)41-12-2-10-40(15-16-41)11-3-17-48(45,46)42-13-8-21(9-14-42)36-31-34-19-23(20-35-31)47-30(32)33/h4-5,18-21,25,30H,2-3,6-17H2,1H3,(H,34,35,36)(H,37,43,44). The lowest BCUT2D eigenvalue weighted by Gasteiger charge is -2.31. The lowest BCUT2D eigenvalue weighted by atomic mass is 9.93. The van der Waals surface area contributed by atoms with Gasteiger partial charge in [-0.1, -0.05) is 0 Å². The summed E-state index contributed by atoms with van der Waals surface area (Å²) in [6.07, 6.45) is 5.77. The number of nitrogens with one attached hydrogen (secondary N) is 2. The number of carbonyl (C=O) groups excluding carboxylic acids is 2. The predicted octanol–water partition coefficient (Wildman–Crippen LogP) is 2.29. The Morgan fingerprint density at radius 2 is 1.81 bits per heavy atom. The number of aryl methyl sites for hydroxylation is 1. The first-order chi connectivity index (χ1) is 23.1. The fourth-order valence-electron chi connectivity index (χ4n) is 6.75. The maximum absolute atomic E-state index is 13.1. The van der Waals surface area contributed by atoms with Crippen molar-refractivity contribution >= 4 is 44.4 Å². The molecular formula is C31H41F2N9O5S. The summed E-state index contributed by atoms with van der Waals surface area (Å²) in [4.78, 5) is 36.8. The van der Waals surface area contributed by atoms with Gasteiger partial charge in [-0.15, -0.1) is 0 Å². The van der Waals surface area contributed by atoms with Gasteiger partial charge in [0.25, 0.3) is 0 Å². The maximum atomic E-state index is 13.1. The molecule has 6 rings (SSSR count). The molecule has 0 aliphatic carbocycles. The molecule has 1 atom stereocenters. The van der Waals surface area contributed by atoms with Crippen molar-refractivity contribution < 1.29 is 31.5 Å². The number of anilines is 2. The highest BCUT2D eigenvalue weighted by Crippen LogP contribution is 2.32. The molecule has 0 radical (unpaired) electrons. The largest absolute Gasteiger partial charge is 0.432 e. The molecule has 3 aliphatic heterocycles. The van der Waals surface area contributed by atoms with Crippen LogP contribution in [0.15, 0.2) is 30.6 Å². The van der Waals surface area contributed by atoms with Crippen molar-refractivity contribution in [2.45, 2.75) is 57.1 Å². The van der Waals surface area contributed by atoms with Gasteiger partial charge in [0.2, 0.25) is 27.8 Å². The Morgan fingerprint density at radius 1 is 1.04 bits per heavy atom. The quantitative estimate of drug-likeness (QED) is 0.285. The molecule has 2 aromatic heterocycles. The Hall–Kier alpha value is -3.96. The normalized spacial score (nSPS) is 20.7. The van der Waals surface area contributed by atoms with Crippen LogP contribution in [0.3, 0.4) is 0 Å². The van der Waals surface area contributed by atoms with E-state index in [1.807, 2.05) is 13.1 Å². The van der Waals surface area contributed by atoms with Gasteiger partial charge in [-0.25, -0.2) is 22.7 Å². The summed E-state index contributed by atoms with van der Waals surface area (Å²) in [5, 5.41) is 11.1. The first-order valence-corrected chi connectivity index (χ1v) is 18.0. The highest BCUT2D eigenvalue weighted by atomic mass is 32.2. The molecule has 5 heterocycles. The molecule has 48 heavy (non-hydrogen) atoms. The van der Waals surface area contributed by atoms with Crippen LogP contribution in [0.5, 0.6) is 5.75 Å². The highest BCUT2D eigenvalue weighted by Gasteiger charge is 2.32. The minimum absolute atomic E-state index is 0.0238. The van der Waals surface area contributed by atoms with Gasteiger partial charge < -0.3 is 19.9 Å². The number of benzene rings is 1. The zero-order valence-corrected chi connectivity index (χ0v) is 27.7. The lowest BCUT2D eigenvalue weighted by Crippen LogP contribution is -2.43. The second-order valence-electron chi connectivity index (χ2n) is 12.5. The summed E-state index contributed by atoms with van der Waals surface area (Å²) < 4.78 is 58.5. The number of rotatable bonds is 11. The molecule has 3 saturated heterocycles. The predicted molar refractivity (Wildman–Crippen MR) is 174 cm³/mol. The molecule has 3 aliphatic rings. The average Bonchev–Trinajstić information content (AvgIpc) is 3.20. The van der Waals surface area contributed by atoms with E-state index in [4.69, 9.17) is 0 Å². The van der Waals surface area contributed by atoms with E-state index in [2.05, 4.69) is 52.4 Å². The van der Waals surface area contributed by atoms with Crippen LogP contribution in [-0.2, 0) is 26.7 Å². The molecule has 1 unspecified atom stereocenters. The summed E-state index contributed by atoms with van der Waals surface area (Å²) in [6, 6.07) is 6.16. The summed E-state index contributed by atoms with van der Waals surface area (Å²) >= 11 is 0. The van der Waals surface area contributed by atoms with Gasteiger partial charge in [0, 0.05) is 63.3 Å². The molecule has 3 aromatic rings. The first-order valence-electron chi connectivity index (χ1n) is 16.3. The van der Waals surface area contributed by atoms with E-state index in [1.165, 1.54) is 12.4 Å². The third-order valence-electron chi connectivity index (χ3n) is 9.30. The molecule has 0 saturated carbocycles. The fourth-order valence-corrected chi connectivity index (χ4v) is 8.27. The van der Waals surface area contributed by atoms with E-state index in [9.17, 15) is 26.8 Å². The van der Waals surface area contributed by atoms with Crippen molar-refractivity contribution in [3.05, 3.63) is 36.3 Å². The first kappa shape index (κ1) is 33.9. The molecular weight excluding hydrogens is 648 g/mol. The van der Waals surface area contributed by atoms with E-state index in [0.29, 0.717) is 57.4 Å². The van der Waals surface area contributed by atoms with Crippen molar-refractivity contribution in [2.24, 2.45) is 7.05 Å². The van der Waals surface area contributed by atoms with Crippen LogP contribution in [0.1, 0.15) is 50.1 Å². The van der Waals surface area contributed by atoms with Crippen molar-refractivity contribution in [3.8, 4) is 5.75 Å². The Bertz CT molecular complexity index is 1710. The monoisotopic (exact) mass is 689 g/mol. The van der Waals surface area contributed by atoms with Crippen LogP contribution in [0, 0.1) is 0 Å². The molecule has 0 bridgehead atoms. The topological polar surface area (TPSA) is 155 Å². The van der Waals surface area contributed by atoms with Gasteiger partial charge in [0.1, 0.15) is 0 Å². The van der Waals surface area contributed by atoms with Crippen molar-refractivity contribution in [2.75, 3.05) is 61.8 Å². The van der Waals surface area contributed by atoms with Crippen LogP contribution in [0.4, 0.5) is 20.4 Å². The number of amides is 2. The smallest absolute Gasteiger partial charge is 0.387 e. The number of aromatic nitrogens is 4. The van der Waals surface area contributed by atoms with Crippen LogP contribution in [-0.4, -0.2) is 113 Å². The third kappa shape index (κ3) is 8.01. The zero-order chi connectivity index (χ0) is 33.8. The van der Waals surface area contributed by atoms with Crippen LogP contribution >= 0.6 is 0 Å². The van der Waals surface area contributed by atoms with Crippen LogP contribution in [0.25, 0.3) is 10.9 Å². The Labute approximate surface area is 277 Å². The van der Waals surface area contributed by atoms with E-state index in [1.54, 1.807) is 8.99 Å². The van der Waals surface area contributed by atoms with Gasteiger partial charge in [0.05, 0.1) is 35.3 Å². The molecule has 260 valence electrons. The Balaban J connectivity index is 0.956. The summed E-state index contributed by atoms with van der Waals surface area (Å²) in [7, 11) is -1.53. The maximum Gasteiger partial charge on any atom is 0.387 e. The average molecular weight is 690 g/mol. The molecule has 2 amide bonds. The van der Waals surface area contributed by atoms with Crippen molar-refractivity contribution in [1.82, 2.24) is 34.3 Å². The summed E-state index contributed by atoms with van der Waals surface area (Å²) in [6.45, 7) is 1.92. The number of carbonyl (C=O) groups is 2. The van der Waals surface area contributed by atoms with Crippen molar-refractivity contribution in [3.63, 3.8) is 0 Å². The number of hydrogen-bond acceptors (Lipinski definition) is 11. The molecule has 14 nitrogen and oxygen atoms in total. The van der Waals surface area contributed by atoms with Gasteiger partial charge in [-0.2, -0.15) is 13.9 Å². The fraction of sp³-hybridized carbons (Fsp3) is 0.581. The van der Waals surface area contributed by atoms with Gasteiger partial charge in [-0.3, -0.25) is 19.6 Å². The van der Waals surface area contributed by atoms with Gasteiger partial charge in [0.15, 0.2) is 5.75 Å². The lowest BCUT2D eigenvalue weighted by molar-refractivity contribution is -0.134. The molecule has 0 spiro atoms. The number of halogens is 2. The number of hydrogen-bond donors (Lipinski definition) is 2. The zero-order valence-electron chi connectivity index (χ0n) is 26.9. The number of nitrogens with zero attached hydrogens (tertiary/aromatic N) is 7. The second kappa shape index (κ2) is 14.7. The Kier molecular flexibility index (Phi) is 10.4. The van der Waals surface area contributed by atoms with E-state index < -0.39 is 22.6 Å². The van der Waals surface area contributed by atoms with E-state index in [0.717, 1.165) is 49.2 Å². The number of alkyl halides is 2. The number of piperidine rings is 2. The molecule has 1 aromatic carbocycles. The van der Waals surface area contributed by atoms with Gasteiger partial charge in [-0.05, 0) is 63.4 Å². The molecule has 17 heteroatoms. The number of fused-ring (bicyclic) bond motifs is 1. The molecule has 2 N–H and O–H groups in total. The van der Waals surface area contributed by atoms with Crippen LogP contribution < -0.4 is 20.3 Å². The minimum Gasteiger partial charge on any atom is -0.432 e. The summed E-state index contributed by atoms with van der Waals surface area (Å²) in [5.41, 5.74) is 2.71. The third-order valence-corrected chi connectivity index (χ3v) is 11.3.